The standard InChI is InChI=1S/C26H20ClN5OS/c1-17-16-34-26(29-17)31-23-10-8-22(9-11-23)30-25(33)19-4-12-24(13-5-19)32-15-20(14-28-32)18-2-6-21(27)7-3-18/h2-16H,1H3,(H,29,31)(H,30,33). The normalized spacial score (nSPS) is 10.8. The fourth-order valence-corrected chi connectivity index (χ4v) is 4.23. The topological polar surface area (TPSA) is 71.8 Å². The number of hydrogen-bond donors (Lipinski definition) is 2. The largest absolute Gasteiger partial charge is 0.332 e. The molecule has 0 saturated carbocycles. The van der Waals surface area contributed by atoms with Gasteiger partial charge >= 0.3 is 0 Å². The van der Waals surface area contributed by atoms with Gasteiger partial charge in [0.05, 0.1) is 17.6 Å². The van der Waals surface area contributed by atoms with Crippen molar-refractivity contribution in [1.29, 1.82) is 0 Å². The quantitative estimate of drug-likeness (QED) is 0.273. The molecule has 0 aliphatic rings. The number of nitrogens with zero attached hydrogens (tertiary/aromatic N) is 3. The number of nitrogens with one attached hydrogen (secondary N) is 2. The van der Waals surface area contributed by atoms with Crippen molar-refractivity contribution >= 4 is 45.4 Å². The monoisotopic (exact) mass is 485 g/mol. The van der Waals surface area contributed by atoms with Crippen molar-refractivity contribution in [1.82, 2.24) is 14.8 Å². The Bertz CT molecular complexity index is 1420. The highest BCUT2D eigenvalue weighted by atomic mass is 35.5. The van der Waals surface area contributed by atoms with Gasteiger partial charge in [-0.1, -0.05) is 23.7 Å². The highest BCUT2D eigenvalue weighted by Crippen LogP contribution is 2.24. The van der Waals surface area contributed by atoms with E-state index in [1.807, 2.05) is 79.2 Å². The molecule has 2 N–H and O–H groups in total. The molecular formula is C26H20ClN5OS. The van der Waals surface area contributed by atoms with Gasteiger partial charge in [-0.2, -0.15) is 5.10 Å². The maximum absolute atomic E-state index is 12.7. The van der Waals surface area contributed by atoms with E-state index >= 15 is 0 Å². The van der Waals surface area contributed by atoms with Crippen LogP contribution in [0.2, 0.25) is 5.02 Å². The average Bonchev–Trinajstić information content (AvgIpc) is 3.50. The van der Waals surface area contributed by atoms with Crippen LogP contribution < -0.4 is 10.6 Å². The Labute approximate surface area is 205 Å². The van der Waals surface area contributed by atoms with Crippen molar-refractivity contribution in [2.24, 2.45) is 0 Å². The van der Waals surface area contributed by atoms with Crippen LogP contribution in [0.15, 0.2) is 90.6 Å². The number of aromatic nitrogens is 3. The molecule has 3 aromatic carbocycles. The summed E-state index contributed by atoms with van der Waals surface area (Å²) in [5, 5.41) is 14.2. The summed E-state index contributed by atoms with van der Waals surface area (Å²) in [6, 6.07) is 22.5. The Kier molecular flexibility index (Phi) is 6.12. The zero-order chi connectivity index (χ0) is 23.5. The molecule has 8 heteroatoms. The predicted molar refractivity (Wildman–Crippen MR) is 139 cm³/mol. The van der Waals surface area contributed by atoms with E-state index in [0.29, 0.717) is 10.6 Å². The summed E-state index contributed by atoms with van der Waals surface area (Å²) in [4.78, 5) is 17.1. The maximum Gasteiger partial charge on any atom is 0.255 e. The number of halogens is 1. The fourth-order valence-electron chi connectivity index (χ4n) is 3.40. The van der Waals surface area contributed by atoms with Crippen LogP contribution in [0, 0.1) is 6.92 Å². The van der Waals surface area contributed by atoms with E-state index in [1.165, 1.54) is 0 Å². The van der Waals surface area contributed by atoms with Crippen LogP contribution in [-0.4, -0.2) is 20.7 Å². The molecule has 6 nitrogen and oxygen atoms in total. The summed E-state index contributed by atoms with van der Waals surface area (Å²) < 4.78 is 1.78. The highest BCUT2D eigenvalue weighted by molar-refractivity contribution is 7.13. The number of carbonyl (C=O) groups excluding carboxylic acids is 1. The molecule has 0 unspecified atom stereocenters. The van der Waals surface area contributed by atoms with Gasteiger partial charge in [0, 0.05) is 39.1 Å². The van der Waals surface area contributed by atoms with Crippen LogP contribution in [0.1, 0.15) is 16.1 Å². The van der Waals surface area contributed by atoms with Gasteiger partial charge in [-0.15, -0.1) is 11.3 Å². The van der Waals surface area contributed by atoms with Gasteiger partial charge < -0.3 is 10.6 Å². The van der Waals surface area contributed by atoms with E-state index in [-0.39, 0.29) is 5.91 Å². The molecule has 0 radical (unpaired) electrons. The Balaban J connectivity index is 1.23. The minimum absolute atomic E-state index is 0.176. The van der Waals surface area contributed by atoms with Crippen molar-refractivity contribution in [3.8, 4) is 16.8 Å². The number of carbonyl (C=O) groups is 1. The van der Waals surface area contributed by atoms with E-state index in [9.17, 15) is 4.79 Å². The van der Waals surface area contributed by atoms with Gasteiger partial charge in [-0.3, -0.25) is 4.79 Å². The summed E-state index contributed by atoms with van der Waals surface area (Å²) >= 11 is 7.52. The lowest BCUT2D eigenvalue weighted by Crippen LogP contribution is -2.12. The van der Waals surface area contributed by atoms with E-state index < -0.39 is 0 Å². The number of rotatable bonds is 6. The molecule has 0 saturated heterocycles. The molecule has 1 amide bonds. The van der Waals surface area contributed by atoms with Crippen molar-refractivity contribution < 1.29 is 4.79 Å². The Hall–Kier alpha value is -3.94. The van der Waals surface area contributed by atoms with Crippen molar-refractivity contribution in [3.05, 3.63) is 107 Å². The lowest BCUT2D eigenvalue weighted by atomic mass is 10.1. The SMILES string of the molecule is Cc1csc(Nc2ccc(NC(=O)c3ccc(-n4cc(-c5ccc(Cl)cc5)cn4)cc3)cc2)n1. The van der Waals surface area contributed by atoms with Gasteiger partial charge in [-0.25, -0.2) is 9.67 Å². The van der Waals surface area contributed by atoms with Crippen LogP contribution >= 0.6 is 22.9 Å². The number of hydrogen-bond acceptors (Lipinski definition) is 5. The predicted octanol–water partition coefficient (Wildman–Crippen LogP) is 6.95. The van der Waals surface area contributed by atoms with Crippen LogP contribution in [0.3, 0.4) is 0 Å². The summed E-state index contributed by atoms with van der Waals surface area (Å²) in [6.07, 6.45) is 3.75. The second kappa shape index (κ2) is 9.51. The molecule has 34 heavy (non-hydrogen) atoms. The molecule has 2 heterocycles. The second-order valence-electron chi connectivity index (χ2n) is 7.68. The van der Waals surface area contributed by atoms with E-state index in [2.05, 4.69) is 20.7 Å². The van der Waals surface area contributed by atoms with Crippen molar-refractivity contribution in [2.75, 3.05) is 10.6 Å². The Morgan fingerprint density at radius 3 is 2.29 bits per heavy atom. The smallest absolute Gasteiger partial charge is 0.255 e. The Morgan fingerprint density at radius 1 is 0.912 bits per heavy atom. The lowest BCUT2D eigenvalue weighted by Gasteiger charge is -2.08. The van der Waals surface area contributed by atoms with Crippen molar-refractivity contribution in [2.45, 2.75) is 6.92 Å². The first-order valence-electron chi connectivity index (χ1n) is 10.6. The molecule has 0 aliphatic carbocycles. The van der Waals surface area contributed by atoms with E-state index in [0.717, 1.165) is 39.0 Å². The van der Waals surface area contributed by atoms with Gasteiger partial charge in [0.25, 0.3) is 5.91 Å². The minimum atomic E-state index is -0.176. The van der Waals surface area contributed by atoms with Crippen LogP contribution in [0.5, 0.6) is 0 Å². The number of amides is 1. The molecule has 0 spiro atoms. The summed E-state index contributed by atoms with van der Waals surface area (Å²) in [5.74, 6) is -0.176. The van der Waals surface area contributed by atoms with Gasteiger partial charge in [0.2, 0.25) is 0 Å². The van der Waals surface area contributed by atoms with E-state index in [1.54, 1.807) is 34.3 Å². The molecule has 5 aromatic rings. The fraction of sp³-hybridized carbons (Fsp3) is 0.0385. The first-order chi connectivity index (χ1) is 16.5. The van der Waals surface area contributed by atoms with Gasteiger partial charge in [0.15, 0.2) is 5.13 Å². The van der Waals surface area contributed by atoms with Gasteiger partial charge in [0.1, 0.15) is 0 Å². The highest BCUT2D eigenvalue weighted by Gasteiger charge is 2.09. The molecule has 2 aromatic heterocycles. The molecule has 0 fully saturated rings. The zero-order valence-electron chi connectivity index (χ0n) is 18.2. The molecule has 5 rings (SSSR count). The van der Waals surface area contributed by atoms with E-state index in [4.69, 9.17) is 11.6 Å². The maximum atomic E-state index is 12.7. The third-order valence-electron chi connectivity index (χ3n) is 5.17. The molecule has 0 aliphatic heterocycles. The van der Waals surface area contributed by atoms with Gasteiger partial charge in [-0.05, 0) is 73.2 Å². The third-order valence-corrected chi connectivity index (χ3v) is 6.29. The first kappa shape index (κ1) is 21.9. The van der Waals surface area contributed by atoms with Crippen molar-refractivity contribution in [3.63, 3.8) is 0 Å². The number of thiazole rings is 1. The Morgan fingerprint density at radius 2 is 1.62 bits per heavy atom. The summed E-state index contributed by atoms with van der Waals surface area (Å²) in [7, 11) is 0. The summed E-state index contributed by atoms with van der Waals surface area (Å²) in [6.45, 7) is 1.96. The van der Waals surface area contributed by atoms with Crippen LogP contribution in [0.25, 0.3) is 16.8 Å². The number of anilines is 3. The molecule has 168 valence electrons. The lowest BCUT2D eigenvalue weighted by molar-refractivity contribution is 0.102. The summed E-state index contributed by atoms with van der Waals surface area (Å²) in [5.41, 5.74) is 6.07. The number of aryl methyl sites for hydroxylation is 1. The number of benzene rings is 3. The van der Waals surface area contributed by atoms with Crippen LogP contribution in [0.4, 0.5) is 16.5 Å². The second-order valence-corrected chi connectivity index (χ2v) is 8.97. The zero-order valence-corrected chi connectivity index (χ0v) is 19.8. The average molecular weight is 486 g/mol. The molecular weight excluding hydrogens is 466 g/mol. The molecule has 0 atom stereocenters. The van der Waals surface area contributed by atoms with Crippen LogP contribution in [-0.2, 0) is 0 Å². The minimum Gasteiger partial charge on any atom is -0.332 e. The molecule has 0 bridgehead atoms. The first-order valence-corrected chi connectivity index (χ1v) is 11.8. The third kappa shape index (κ3) is 5.01.